The molecular formula is C17H22FN3O3. The Labute approximate surface area is 140 Å². The number of carbonyl (C=O) groups is 2. The van der Waals surface area contributed by atoms with Crippen LogP contribution in [0.1, 0.15) is 12.8 Å². The van der Waals surface area contributed by atoms with E-state index in [1.54, 1.807) is 4.90 Å². The fourth-order valence-electron chi connectivity index (χ4n) is 3.14. The first-order chi connectivity index (χ1) is 11.6. The highest BCUT2D eigenvalue weighted by Crippen LogP contribution is 2.20. The largest absolute Gasteiger partial charge is 0.381 e. The normalized spacial score (nSPS) is 22.2. The summed E-state index contributed by atoms with van der Waals surface area (Å²) in [7, 11) is 0. The minimum absolute atomic E-state index is 0.0269. The van der Waals surface area contributed by atoms with E-state index in [9.17, 15) is 14.0 Å². The summed E-state index contributed by atoms with van der Waals surface area (Å²) >= 11 is 0. The lowest BCUT2D eigenvalue weighted by Crippen LogP contribution is -2.59. The standard InChI is InChI=1S/C17H22FN3O3/c18-13-1-3-14(4-2-13)20-16(22)15-11-19-7-8-21(15)17(23)12-5-9-24-10-6-12/h1-4,12,15,19H,5-11H2,(H,20,22)/t15-/m0/s1. The Bertz CT molecular complexity index is 587. The van der Waals surface area contributed by atoms with Crippen molar-refractivity contribution < 1.29 is 18.7 Å². The van der Waals surface area contributed by atoms with Crippen molar-refractivity contribution in [3.63, 3.8) is 0 Å². The summed E-state index contributed by atoms with van der Waals surface area (Å²) in [6, 6.07) is 5.04. The predicted octanol–water partition coefficient (Wildman–Crippen LogP) is 0.991. The highest BCUT2D eigenvalue weighted by Gasteiger charge is 2.35. The van der Waals surface area contributed by atoms with E-state index in [0.29, 0.717) is 51.4 Å². The van der Waals surface area contributed by atoms with E-state index in [2.05, 4.69) is 10.6 Å². The van der Waals surface area contributed by atoms with E-state index in [0.717, 1.165) is 0 Å². The molecule has 2 fully saturated rings. The minimum atomic E-state index is -0.556. The van der Waals surface area contributed by atoms with Gasteiger partial charge in [0.15, 0.2) is 0 Å². The van der Waals surface area contributed by atoms with Crippen molar-refractivity contribution in [3.8, 4) is 0 Å². The first-order valence-corrected chi connectivity index (χ1v) is 8.30. The van der Waals surface area contributed by atoms with Gasteiger partial charge in [-0.25, -0.2) is 4.39 Å². The Balaban J connectivity index is 1.67. The van der Waals surface area contributed by atoms with Gasteiger partial charge in [-0.3, -0.25) is 9.59 Å². The summed E-state index contributed by atoms with van der Waals surface area (Å²) in [5, 5.41) is 5.92. The van der Waals surface area contributed by atoms with Gasteiger partial charge in [0.05, 0.1) is 0 Å². The van der Waals surface area contributed by atoms with Crippen LogP contribution in [0.5, 0.6) is 0 Å². The smallest absolute Gasteiger partial charge is 0.248 e. The summed E-state index contributed by atoms with van der Waals surface area (Å²) in [4.78, 5) is 27.0. The van der Waals surface area contributed by atoms with Crippen molar-refractivity contribution in [2.45, 2.75) is 18.9 Å². The zero-order valence-electron chi connectivity index (χ0n) is 13.5. The van der Waals surface area contributed by atoms with E-state index in [1.807, 2.05) is 0 Å². The SMILES string of the molecule is O=C(Nc1ccc(F)cc1)[C@@H]1CNCCN1C(=O)C1CCOCC1. The van der Waals surface area contributed by atoms with Crippen LogP contribution >= 0.6 is 0 Å². The van der Waals surface area contributed by atoms with E-state index >= 15 is 0 Å². The molecule has 7 heteroatoms. The van der Waals surface area contributed by atoms with Gasteiger partial charge < -0.3 is 20.3 Å². The van der Waals surface area contributed by atoms with Crippen LogP contribution in [0.3, 0.4) is 0 Å². The van der Waals surface area contributed by atoms with Gasteiger partial charge in [-0.2, -0.15) is 0 Å². The number of halogens is 1. The fraction of sp³-hybridized carbons (Fsp3) is 0.529. The summed E-state index contributed by atoms with van der Waals surface area (Å²) in [6.07, 6.45) is 1.41. The molecule has 2 aliphatic heterocycles. The highest BCUT2D eigenvalue weighted by molar-refractivity contribution is 5.97. The Hall–Kier alpha value is -1.99. The summed E-state index contributed by atoms with van der Waals surface area (Å²) in [5.41, 5.74) is 0.519. The van der Waals surface area contributed by atoms with Gasteiger partial charge in [0.2, 0.25) is 11.8 Å². The quantitative estimate of drug-likeness (QED) is 0.864. The third-order valence-electron chi connectivity index (χ3n) is 4.51. The molecule has 0 bridgehead atoms. The Morgan fingerprint density at radius 1 is 1.21 bits per heavy atom. The molecule has 2 heterocycles. The first kappa shape index (κ1) is 16.9. The van der Waals surface area contributed by atoms with Crippen LogP contribution in [0.25, 0.3) is 0 Å². The number of nitrogens with zero attached hydrogens (tertiary/aromatic N) is 1. The van der Waals surface area contributed by atoms with Crippen molar-refractivity contribution in [1.82, 2.24) is 10.2 Å². The molecule has 6 nitrogen and oxygen atoms in total. The number of benzene rings is 1. The van der Waals surface area contributed by atoms with E-state index in [4.69, 9.17) is 4.74 Å². The number of nitrogens with one attached hydrogen (secondary N) is 2. The number of ether oxygens (including phenoxy) is 1. The molecule has 0 unspecified atom stereocenters. The topological polar surface area (TPSA) is 70.7 Å². The van der Waals surface area contributed by atoms with E-state index in [1.165, 1.54) is 24.3 Å². The number of hydrogen-bond donors (Lipinski definition) is 2. The summed E-state index contributed by atoms with van der Waals surface area (Å²) in [6.45, 7) is 2.79. The molecule has 0 aliphatic carbocycles. The summed E-state index contributed by atoms with van der Waals surface area (Å²) in [5.74, 6) is -0.658. The second-order valence-corrected chi connectivity index (χ2v) is 6.13. The van der Waals surface area contributed by atoms with Gasteiger partial charge in [-0.15, -0.1) is 0 Å². The van der Waals surface area contributed by atoms with Crippen molar-refractivity contribution in [3.05, 3.63) is 30.1 Å². The molecule has 24 heavy (non-hydrogen) atoms. The van der Waals surface area contributed by atoms with Crippen LogP contribution in [0.2, 0.25) is 0 Å². The lowest BCUT2D eigenvalue weighted by molar-refractivity contribution is -0.145. The summed E-state index contributed by atoms with van der Waals surface area (Å²) < 4.78 is 18.3. The van der Waals surface area contributed by atoms with E-state index < -0.39 is 6.04 Å². The molecule has 2 N–H and O–H groups in total. The molecule has 0 aromatic heterocycles. The number of rotatable bonds is 3. The molecule has 0 radical (unpaired) electrons. The molecule has 3 rings (SSSR count). The van der Waals surface area contributed by atoms with Crippen LogP contribution in [0.15, 0.2) is 24.3 Å². The lowest BCUT2D eigenvalue weighted by atomic mass is 9.97. The van der Waals surface area contributed by atoms with Crippen LogP contribution in [-0.2, 0) is 14.3 Å². The average molecular weight is 335 g/mol. The van der Waals surface area contributed by atoms with Crippen LogP contribution in [0.4, 0.5) is 10.1 Å². The van der Waals surface area contributed by atoms with Crippen LogP contribution < -0.4 is 10.6 Å². The molecule has 130 valence electrons. The van der Waals surface area contributed by atoms with Crippen LogP contribution in [-0.4, -0.2) is 55.6 Å². The molecule has 1 aromatic carbocycles. The number of piperazine rings is 1. The van der Waals surface area contributed by atoms with Gasteiger partial charge in [-0.1, -0.05) is 0 Å². The number of anilines is 1. The lowest BCUT2D eigenvalue weighted by Gasteiger charge is -2.38. The molecule has 1 atom stereocenters. The van der Waals surface area contributed by atoms with Gasteiger partial charge in [-0.05, 0) is 37.1 Å². The molecular weight excluding hydrogens is 313 g/mol. The van der Waals surface area contributed by atoms with Gasteiger partial charge in [0.25, 0.3) is 0 Å². The van der Waals surface area contributed by atoms with Crippen LogP contribution in [0, 0.1) is 11.7 Å². The maximum atomic E-state index is 13.0. The predicted molar refractivity (Wildman–Crippen MR) is 86.9 cm³/mol. The second kappa shape index (κ2) is 7.72. The Morgan fingerprint density at radius 3 is 2.62 bits per heavy atom. The molecule has 2 saturated heterocycles. The van der Waals surface area contributed by atoms with Crippen molar-refractivity contribution in [2.24, 2.45) is 5.92 Å². The molecule has 1 aromatic rings. The molecule has 2 aliphatic rings. The highest BCUT2D eigenvalue weighted by atomic mass is 19.1. The molecule has 2 amide bonds. The zero-order chi connectivity index (χ0) is 16.9. The van der Waals surface area contributed by atoms with E-state index in [-0.39, 0.29) is 23.5 Å². The molecule has 0 saturated carbocycles. The number of amides is 2. The third kappa shape index (κ3) is 3.91. The van der Waals surface area contributed by atoms with Gasteiger partial charge >= 0.3 is 0 Å². The van der Waals surface area contributed by atoms with Gasteiger partial charge in [0.1, 0.15) is 11.9 Å². The number of hydrogen-bond acceptors (Lipinski definition) is 4. The van der Waals surface area contributed by atoms with Crippen molar-refractivity contribution in [2.75, 3.05) is 38.2 Å². The third-order valence-corrected chi connectivity index (χ3v) is 4.51. The average Bonchev–Trinajstić information content (AvgIpc) is 2.63. The minimum Gasteiger partial charge on any atom is -0.381 e. The monoisotopic (exact) mass is 335 g/mol. The fourth-order valence-corrected chi connectivity index (χ4v) is 3.14. The second-order valence-electron chi connectivity index (χ2n) is 6.13. The van der Waals surface area contributed by atoms with Gasteiger partial charge in [0, 0.05) is 44.5 Å². The van der Waals surface area contributed by atoms with Crippen molar-refractivity contribution in [1.29, 1.82) is 0 Å². The maximum absolute atomic E-state index is 13.0. The first-order valence-electron chi connectivity index (χ1n) is 8.30. The Kier molecular flexibility index (Phi) is 5.42. The van der Waals surface area contributed by atoms with Crippen molar-refractivity contribution >= 4 is 17.5 Å². The zero-order valence-corrected chi connectivity index (χ0v) is 13.5. The maximum Gasteiger partial charge on any atom is 0.248 e. The number of carbonyl (C=O) groups excluding carboxylic acids is 2. The Morgan fingerprint density at radius 2 is 1.92 bits per heavy atom. The molecule has 0 spiro atoms.